The Morgan fingerprint density at radius 3 is 2.82 bits per heavy atom. The Labute approximate surface area is 99.8 Å². The summed E-state index contributed by atoms with van der Waals surface area (Å²) >= 11 is 0. The molecule has 17 heavy (non-hydrogen) atoms. The molecule has 1 rings (SSSR count). The fraction of sp³-hybridized carbons (Fsp3) is 0.417. The predicted octanol–water partition coefficient (Wildman–Crippen LogP) is 1.15. The summed E-state index contributed by atoms with van der Waals surface area (Å²) in [6, 6.07) is 3.89. The number of carbonyl (C=O) groups excluding carboxylic acids is 1. The first-order chi connectivity index (χ1) is 8.11. The van der Waals surface area contributed by atoms with E-state index in [1.165, 1.54) is 12.1 Å². The molecule has 0 aromatic heterocycles. The van der Waals surface area contributed by atoms with E-state index >= 15 is 0 Å². The lowest BCUT2D eigenvalue weighted by atomic mass is 10.2. The quantitative estimate of drug-likeness (QED) is 0.654. The highest BCUT2D eigenvalue weighted by atomic mass is 19.1. The number of halogens is 1. The minimum atomic E-state index is -0.467. The van der Waals surface area contributed by atoms with Gasteiger partial charge in [-0.05, 0) is 24.6 Å². The van der Waals surface area contributed by atoms with E-state index < -0.39 is 5.82 Å². The topological polar surface area (TPSA) is 61.4 Å². The van der Waals surface area contributed by atoms with Crippen LogP contribution in [0.15, 0.2) is 18.2 Å². The Hall–Kier alpha value is -1.62. The average molecular weight is 240 g/mol. The Kier molecular flexibility index (Phi) is 5.42. The number of rotatable bonds is 6. The standard InChI is InChI=1S/C12H17FN2O2/c1-2-15-12(17)3-4-14-8-9-5-10(13)7-11(16)6-9/h5-7,14,16H,2-4,8H2,1H3,(H,15,17). The summed E-state index contributed by atoms with van der Waals surface area (Å²) in [6.07, 6.45) is 0.384. The molecule has 0 atom stereocenters. The highest BCUT2D eigenvalue weighted by Gasteiger charge is 2.01. The molecule has 0 heterocycles. The molecule has 1 aromatic carbocycles. The molecule has 0 saturated heterocycles. The summed E-state index contributed by atoms with van der Waals surface area (Å²) in [5, 5.41) is 14.9. The highest BCUT2D eigenvalue weighted by Crippen LogP contribution is 2.14. The van der Waals surface area contributed by atoms with Crippen molar-refractivity contribution in [3.8, 4) is 5.75 Å². The van der Waals surface area contributed by atoms with Crippen LogP contribution in [0.4, 0.5) is 4.39 Å². The number of aromatic hydroxyl groups is 1. The van der Waals surface area contributed by atoms with Gasteiger partial charge in [-0.3, -0.25) is 4.79 Å². The summed E-state index contributed by atoms with van der Waals surface area (Å²) < 4.78 is 12.9. The molecular weight excluding hydrogens is 223 g/mol. The van der Waals surface area contributed by atoms with Crippen LogP contribution in [-0.4, -0.2) is 24.1 Å². The smallest absolute Gasteiger partial charge is 0.221 e. The number of amides is 1. The summed E-state index contributed by atoms with van der Waals surface area (Å²) in [6.45, 7) is 3.42. The van der Waals surface area contributed by atoms with Gasteiger partial charge in [0.05, 0.1) is 0 Å². The van der Waals surface area contributed by atoms with Gasteiger partial charge in [0.15, 0.2) is 0 Å². The maximum atomic E-state index is 12.9. The van der Waals surface area contributed by atoms with Gasteiger partial charge in [-0.15, -0.1) is 0 Å². The number of benzene rings is 1. The molecule has 3 N–H and O–H groups in total. The predicted molar refractivity (Wildman–Crippen MR) is 63.1 cm³/mol. The van der Waals surface area contributed by atoms with E-state index in [-0.39, 0.29) is 11.7 Å². The summed E-state index contributed by atoms with van der Waals surface area (Å²) in [5.74, 6) is -0.571. The third-order valence-corrected chi connectivity index (χ3v) is 2.17. The lowest BCUT2D eigenvalue weighted by Crippen LogP contribution is -2.27. The maximum Gasteiger partial charge on any atom is 0.221 e. The van der Waals surface area contributed by atoms with Crippen LogP contribution in [-0.2, 0) is 11.3 Å². The van der Waals surface area contributed by atoms with Crippen LogP contribution in [0.3, 0.4) is 0 Å². The van der Waals surface area contributed by atoms with Crippen LogP contribution in [0.1, 0.15) is 18.9 Å². The molecule has 5 heteroatoms. The molecule has 0 unspecified atom stereocenters. The lowest BCUT2D eigenvalue weighted by Gasteiger charge is -2.06. The molecule has 4 nitrogen and oxygen atoms in total. The zero-order chi connectivity index (χ0) is 12.7. The van der Waals surface area contributed by atoms with Crippen LogP contribution in [0.5, 0.6) is 5.75 Å². The SMILES string of the molecule is CCNC(=O)CCNCc1cc(O)cc(F)c1. The third-order valence-electron chi connectivity index (χ3n) is 2.17. The molecular formula is C12H17FN2O2. The third kappa shape index (κ3) is 5.31. The average Bonchev–Trinajstić information content (AvgIpc) is 2.23. The first kappa shape index (κ1) is 13.4. The Morgan fingerprint density at radius 1 is 1.41 bits per heavy atom. The molecule has 0 radical (unpaired) electrons. The van der Waals surface area contributed by atoms with Crippen molar-refractivity contribution < 1.29 is 14.3 Å². The van der Waals surface area contributed by atoms with Crippen LogP contribution in [0, 0.1) is 5.82 Å². The van der Waals surface area contributed by atoms with Gasteiger partial charge in [0, 0.05) is 32.1 Å². The van der Waals surface area contributed by atoms with Crippen LogP contribution < -0.4 is 10.6 Å². The molecule has 0 aliphatic carbocycles. The van der Waals surface area contributed by atoms with Crippen molar-refractivity contribution in [2.45, 2.75) is 19.9 Å². The molecule has 0 fully saturated rings. The van der Waals surface area contributed by atoms with Crippen LogP contribution >= 0.6 is 0 Å². The van der Waals surface area contributed by atoms with Gasteiger partial charge < -0.3 is 15.7 Å². The number of hydrogen-bond acceptors (Lipinski definition) is 3. The number of nitrogens with one attached hydrogen (secondary N) is 2. The van der Waals surface area contributed by atoms with E-state index in [2.05, 4.69) is 10.6 Å². The molecule has 0 saturated carbocycles. The Balaban J connectivity index is 2.28. The molecule has 0 aliphatic rings. The van der Waals surface area contributed by atoms with Gasteiger partial charge in [-0.2, -0.15) is 0 Å². The summed E-state index contributed by atoms with van der Waals surface area (Å²) in [4.78, 5) is 11.1. The minimum absolute atomic E-state index is 0.0120. The fourth-order valence-corrected chi connectivity index (χ4v) is 1.46. The zero-order valence-corrected chi connectivity index (χ0v) is 9.79. The van der Waals surface area contributed by atoms with Gasteiger partial charge in [0.2, 0.25) is 5.91 Å². The second kappa shape index (κ2) is 6.85. The molecule has 0 bridgehead atoms. The molecule has 1 amide bonds. The van der Waals surface area contributed by atoms with Gasteiger partial charge in [-0.1, -0.05) is 0 Å². The largest absolute Gasteiger partial charge is 0.508 e. The Bertz CT molecular complexity index is 363. The van der Waals surface area contributed by atoms with Crippen LogP contribution in [0.25, 0.3) is 0 Å². The molecule has 1 aromatic rings. The zero-order valence-electron chi connectivity index (χ0n) is 9.79. The fourth-order valence-electron chi connectivity index (χ4n) is 1.46. The van der Waals surface area contributed by atoms with Crippen LogP contribution in [0.2, 0.25) is 0 Å². The molecule has 94 valence electrons. The number of hydrogen-bond donors (Lipinski definition) is 3. The van der Waals surface area contributed by atoms with Gasteiger partial charge in [-0.25, -0.2) is 4.39 Å². The van der Waals surface area contributed by atoms with Gasteiger partial charge >= 0.3 is 0 Å². The van der Waals surface area contributed by atoms with Crippen molar-refractivity contribution in [2.24, 2.45) is 0 Å². The van der Waals surface area contributed by atoms with Gasteiger partial charge in [0.1, 0.15) is 11.6 Å². The van der Waals surface area contributed by atoms with Crippen molar-refractivity contribution in [2.75, 3.05) is 13.1 Å². The Morgan fingerprint density at radius 2 is 2.18 bits per heavy atom. The number of phenolic OH excluding ortho intramolecular Hbond substituents is 1. The van der Waals surface area contributed by atoms with Crippen molar-refractivity contribution >= 4 is 5.91 Å². The number of phenols is 1. The first-order valence-corrected chi connectivity index (χ1v) is 5.57. The second-order valence-electron chi connectivity index (χ2n) is 3.70. The van der Waals surface area contributed by atoms with Crippen molar-refractivity contribution in [3.63, 3.8) is 0 Å². The second-order valence-corrected chi connectivity index (χ2v) is 3.70. The van der Waals surface area contributed by atoms with Crippen molar-refractivity contribution in [1.29, 1.82) is 0 Å². The maximum absolute atomic E-state index is 12.9. The van der Waals surface area contributed by atoms with E-state index in [1.807, 2.05) is 6.92 Å². The van der Waals surface area contributed by atoms with E-state index in [0.29, 0.717) is 31.6 Å². The molecule has 0 aliphatic heterocycles. The summed E-state index contributed by atoms with van der Waals surface area (Å²) in [5.41, 5.74) is 0.651. The minimum Gasteiger partial charge on any atom is -0.508 e. The van der Waals surface area contributed by atoms with Gasteiger partial charge in [0.25, 0.3) is 0 Å². The first-order valence-electron chi connectivity index (χ1n) is 5.57. The van der Waals surface area contributed by atoms with Crippen molar-refractivity contribution in [1.82, 2.24) is 10.6 Å². The van der Waals surface area contributed by atoms with Crippen molar-refractivity contribution in [3.05, 3.63) is 29.6 Å². The number of carbonyl (C=O) groups is 1. The van der Waals surface area contributed by atoms with E-state index in [0.717, 1.165) is 6.07 Å². The highest BCUT2D eigenvalue weighted by molar-refractivity contribution is 5.75. The molecule has 0 spiro atoms. The van der Waals surface area contributed by atoms with E-state index in [1.54, 1.807) is 0 Å². The van der Waals surface area contributed by atoms with E-state index in [9.17, 15) is 14.3 Å². The van der Waals surface area contributed by atoms with E-state index in [4.69, 9.17) is 0 Å². The lowest BCUT2D eigenvalue weighted by molar-refractivity contribution is -0.120. The normalized spacial score (nSPS) is 10.2. The monoisotopic (exact) mass is 240 g/mol. The summed E-state index contributed by atoms with van der Waals surface area (Å²) in [7, 11) is 0.